The van der Waals surface area contributed by atoms with E-state index < -0.39 is 0 Å². The van der Waals surface area contributed by atoms with Crippen molar-refractivity contribution in [1.29, 1.82) is 0 Å². The summed E-state index contributed by atoms with van der Waals surface area (Å²) in [4.78, 5) is 6.29. The summed E-state index contributed by atoms with van der Waals surface area (Å²) in [5, 5.41) is 1.53. The van der Waals surface area contributed by atoms with Gasteiger partial charge in [-0.2, -0.15) is 11.8 Å². The number of nitrogens with zero attached hydrogens (tertiary/aromatic N) is 1. The Kier molecular flexibility index (Phi) is 3.95. The van der Waals surface area contributed by atoms with Crippen molar-refractivity contribution in [3.05, 3.63) is 35.5 Å². The standard InChI is InChI=1S/C19H26N2S/c1-3-7-21-11-13(12-22-2)8-16-15-5-4-6-17-19(15)14(10-20-17)9-18(16)21/h4-6,10,13,16,18,20H,3,7-9,11-12H2,1-2H3/t13?,16-,18-/m1/s1. The predicted octanol–water partition coefficient (Wildman–Crippen LogP) is 4.27. The van der Waals surface area contributed by atoms with Gasteiger partial charge in [-0.05, 0) is 60.9 Å². The number of hydrogen-bond donors (Lipinski definition) is 1. The highest BCUT2D eigenvalue weighted by Gasteiger charge is 2.40. The number of likely N-dealkylation sites (tertiary alicyclic amines) is 1. The van der Waals surface area contributed by atoms with E-state index in [1.165, 1.54) is 54.6 Å². The van der Waals surface area contributed by atoms with E-state index in [1.807, 2.05) is 11.8 Å². The molecule has 2 nitrogen and oxygen atoms in total. The van der Waals surface area contributed by atoms with Crippen LogP contribution >= 0.6 is 11.8 Å². The van der Waals surface area contributed by atoms with Crippen LogP contribution in [0.2, 0.25) is 0 Å². The second-order valence-electron chi connectivity index (χ2n) is 7.01. The number of piperidine rings is 1. The maximum atomic E-state index is 3.49. The highest BCUT2D eigenvalue weighted by atomic mass is 32.2. The number of rotatable bonds is 4. The summed E-state index contributed by atoms with van der Waals surface area (Å²) in [6.07, 6.45) is 8.37. The smallest absolute Gasteiger partial charge is 0.0459 e. The van der Waals surface area contributed by atoms with E-state index in [4.69, 9.17) is 0 Å². The minimum atomic E-state index is 0.715. The molecular weight excluding hydrogens is 288 g/mol. The first-order valence-corrected chi connectivity index (χ1v) is 10.0. The zero-order chi connectivity index (χ0) is 15.1. The van der Waals surface area contributed by atoms with Gasteiger partial charge in [0, 0.05) is 35.6 Å². The Balaban J connectivity index is 1.75. The van der Waals surface area contributed by atoms with E-state index >= 15 is 0 Å². The maximum Gasteiger partial charge on any atom is 0.0459 e. The first-order chi connectivity index (χ1) is 10.8. The summed E-state index contributed by atoms with van der Waals surface area (Å²) in [5.74, 6) is 2.88. The second-order valence-corrected chi connectivity index (χ2v) is 7.92. The number of H-pyrrole nitrogens is 1. The van der Waals surface area contributed by atoms with Gasteiger partial charge in [0.2, 0.25) is 0 Å². The first-order valence-electron chi connectivity index (χ1n) is 8.63. The fourth-order valence-electron chi connectivity index (χ4n) is 4.80. The summed E-state index contributed by atoms with van der Waals surface area (Å²) in [6.45, 7) is 4.87. The quantitative estimate of drug-likeness (QED) is 0.909. The Morgan fingerprint density at radius 1 is 1.36 bits per heavy atom. The van der Waals surface area contributed by atoms with E-state index in [0.717, 1.165) is 11.8 Å². The highest BCUT2D eigenvalue weighted by Crippen LogP contribution is 2.45. The van der Waals surface area contributed by atoms with Crippen LogP contribution < -0.4 is 0 Å². The summed E-state index contributed by atoms with van der Waals surface area (Å²) in [7, 11) is 0. The van der Waals surface area contributed by atoms with Gasteiger partial charge in [0.15, 0.2) is 0 Å². The topological polar surface area (TPSA) is 19.0 Å². The van der Waals surface area contributed by atoms with Crippen molar-refractivity contribution < 1.29 is 0 Å². The molecule has 1 N–H and O–H groups in total. The molecule has 2 aromatic rings. The molecule has 1 aromatic heterocycles. The molecule has 0 radical (unpaired) electrons. The lowest BCUT2D eigenvalue weighted by atomic mass is 9.72. The van der Waals surface area contributed by atoms with Gasteiger partial charge in [-0.3, -0.25) is 4.90 Å². The predicted molar refractivity (Wildman–Crippen MR) is 96.9 cm³/mol. The van der Waals surface area contributed by atoms with Crippen molar-refractivity contribution in [2.75, 3.05) is 25.1 Å². The molecule has 2 heterocycles. The summed E-state index contributed by atoms with van der Waals surface area (Å²) < 4.78 is 0. The third kappa shape index (κ3) is 2.30. The Morgan fingerprint density at radius 3 is 3.09 bits per heavy atom. The van der Waals surface area contributed by atoms with E-state index in [9.17, 15) is 0 Å². The van der Waals surface area contributed by atoms with E-state index in [0.29, 0.717) is 6.04 Å². The number of fused-ring (bicyclic) bond motifs is 2. The average molecular weight is 314 g/mol. The molecule has 1 saturated heterocycles. The van der Waals surface area contributed by atoms with Crippen LogP contribution in [-0.4, -0.2) is 41.0 Å². The third-order valence-electron chi connectivity index (χ3n) is 5.57. The van der Waals surface area contributed by atoms with Crippen LogP contribution in [0.25, 0.3) is 10.9 Å². The van der Waals surface area contributed by atoms with Gasteiger partial charge in [-0.15, -0.1) is 0 Å². The van der Waals surface area contributed by atoms with Crippen LogP contribution in [0, 0.1) is 5.92 Å². The van der Waals surface area contributed by atoms with Crippen LogP contribution in [-0.2, 0) is 6.42 Å². The van der Waals surface area contributed by atoms with Gasteiger partial charge < -0.3 is 4.98 Å². The number of thioether (sulfide) groups is 1. The molecular formula is C19H26N2S. The minimum absolute atomic E-state index is 0.715. The van der Waals surface area contributed by atoms with Gasteiger partial charge in [0.1, 0.15) is 0 Å². The number of hydrogen-bond acceptors (Lipinski definition) is 2. The SMILES string of the molecule is CCCN1CC(CSC)C[C@@H]2c3cccc4[nH]cc(c34)C[C@H]21. The average Bonchev–Trinajstić information content (AvgIpc) is 2.94. The molecule has 1 unspecified atom stereocenters. The fourth-order valence-corrected chi connectivity index (χ4v) is 5.51. The number of benzene rings is 1. The lowest BCUT2D eigenvalue weighted by Gasteiger charge is -2.47. The monoisotopic (exact) mass is 314 g/mol. The van der Waals surface area contributed by atoms with Gasteiger partial charge >= 0.3 is 0 Å². The molecule has 1 aromatic carbocycles. The molecule has 4 rings (SSSR count). The molecule has 1 aliphatic carbocycles. The zero-order valence-electron chi connectivity index (χ0n) is 13.6. The lowest BCUT2D eigenvalue weighted by Crippen LogP contribution is -2.50. The summed E-state index contributed by atoms with van der Waals surface area (Å²) in [5.41, 5.74) is 4.48. The maximum absolute atomic E-state index is 3.49. The normalized spacial score (nSPS) is 28.0. The van der Waals surface area contributed by atoms with Crippen LogP contribution in [0.1, 0.15) is 36.8 Å². The molecule has 118 valence electrons. The Bertz CT molecular complexity index is 662. The van der Waals surface area contributed by atoms with Gasteiger partial charge in [0.25, 0.3) is 0 Å². The highest BCUT2D eigenvalue weighted by molar-refractivity contribution is 7.98. The van der Waals surface area contributed by atoms with E-state index in [-0.39, 0.29) is 0 Å². The second kappa shape index (κ2) is 5.93. The van der Waals surface area contributed by atoms with Crippen molar-refractivity contribution in [3.63, 3.8) is 0 Å². The molecule has 1 aliphatic heterocycles. The van der Waals surface area contributed by atoms with Crippen LogP contribution in [0.15, 0.2) is 24.4 Å². The summed E-state index contributed by atoms with van der Waals surface area (Å²) >= 11 is 2.01. The zero-order valence-corrected chi connectivity index (χ0v) is 14.5. The largest absolute Gasteiger partial charge is 0.361 e. The Morgan fingerprint density at radius 2 is 2.27 bits per heavy atom. The molecule has 0 spiro atoms. The fraction of sp³-hybridized carbons (Fsp3) is 0.579. The molecule has 1 fully saturated rings. The van der Waals surface area contributed by atoms with Crippen molar-refractivity contribution in [2.24, 2.45) is 5.92 Å². The molecule has 0 bridgehead atoms. The third-order valence-corrected chi connectivity index (χ3v) is 6.38. The number of aromatic nitrogens is 1. The van der Waals surface area contributed by atoms with Crippen molar-refractivity contribution >= 4 is 22.7 Å². The molecule has 22 heavy (non-hydrogen) atoms. The molecule has 3 atom stereocenters. The molecule has 3 heteroatoms. The number of nitrogens with one attached hydrogen (secondary N) is 1. The molecule has 0 amide bonds. The van der Waals surface area contributed by atoms with Crippen molar-refractivity contribution in [1.82, 2.24) is 9.88 Å². The van der Waals surface area contributed by atoms with Crippen molar-refractivity contribution in [3.8, 4) is 0 Å². The molecule has 0 saturated carbocycles. The first kappa shape index (κ1) is 14.6. The molecule has 2 aliphatic rings. The van der Waals surface area contributed by atoms with Gasteiger partial charge in [0.05, 0.1) is 0 Å². The summed E-state index contributed by atoms with van der Waals surface area (Å²) in [6, 6.07) is 7.58. The van der Waals surface area contributed by atoms with Crippen LogP contribution in [0.5, 0.6) is 0 Å². The number of aromatic amines is 1. The van der Waals surface area contributed by atoms with Gasteiger partial charge in [-0.1, -0.05) is 19.1 Å². The van der Waals surface area contributed by atoms with E-state index in [2.05, 4.69) is 47.5 Å². The van der Waals surface area contributed by atoms with Crippen LogP contribution in [0.4, 0.5) is 0 Å². The van der Waals surface area contributed by atoms with Gasteiger partial charge in [-0.25, -0.2) is 0 Å². The minimum Gasteiger partial charge on any atom is -0.361 e. The lowest BCUT2D eigenvalue weighted by molar-refractivity contribution is 0.0926. The van der Waals surface area contributed by atoms with Crippen LogP contribution in [0.3, 0.4) is 0 Å². The Labute approximate surface area is 137 Å². The van der Waals surface area contributed by atoms with Crippen molar-refractivity contribution in [2.45, 2.75) is 38.1 Å². The Hall–Kier alpha value is -0.930. The van der Waals surface area contributed by atoms with E-state index in [1.54, 1.807) is 5.56 Å².